The van der Waals surface area contributed by atoms with Crippen molar-refractivity contribution in [2.75, 3.05) is 0 Å². The van der Waals surface area contributed by atoms with Crippen molar-refractivity contribution in [1.82, 2.24) is 5.32 Å². The van der Waals surface area contributed by atoms with E-state index in [0.717, 1.165) is 17.7 Å². The molecule has 1 N–H and O–H groups in total. The number of hydrogen-bond acceptors (Lipinski definition) is 3. The fraction of sp³-hybridized carbons (Fsp3) is 0.333. The van der Waals surface area contributed by atoms with Crippen LogP contribution >= 0.6 is 11.3 Å². The van der Waals surface area contributed by atoms with Crippen molar-refractivity contribution >= 4 is 11.3 Å². The minimum absolute atomic E-state index is 0.287. The number of hydrogen-bond donors (Lipinski definition) is 1. The number of nitrogens with one attached hydrogen (secondary N) is 1. The van der Waals surface area contributed by atoms with E-state index in [1.54, 1.807) is 23.5 Å². The van der Waals surface area contributed by atoms with E-state index in [0.29, 0.717) is 18.4 Å². The van der Waals surface area contributed by atoms with E-state index in [4.69, 9.17) is 4.74 Å². The van der Waals surface area contributed by atoms with Crippen molar-refractivity contribution in [2.45, 2.75) is 32.0 Å². The molecule has 1 saturated carbocycles. The molecule has 2 aromatic rings. The topological polar surface area (TPSA) is 21.3 Å². The summed E-state index contributed by atoms with van der Waals surface area (Å²) in [6.45, 7) is 1.15. The van der Waals surface area contributed by atoms with Crippen molar-refractivity contribution in [3.63, 3.8) is 0 Å². The van der Waals surface area contributed by atoms with Crippen LogP contribution in [-0.4, -0.2) is 6.04 Å². The molecule has 1 aliphatic rings. The van der Waals surface area contributed by atoms with Gasteiger partial charge in [-0.15, -0.1) is 0 Å². The van der Waals surface area contributed by atoms with Crippen LogP contribution in [0.15, 0.2) is 35.0 Å². The van der Waals surface area contributed by atoms with E-state index in [1.165, 1.54) is 12.8 Å². The maximum atomic E-state index is 13.9. The number of halogens is 1. The van der Waals surface area contributed by atoms with Gasteiger partial charge in [0, 0.05) is 12.6 Å². The molecule has 3 rings (SSSR count). The van der Waals surface area contributed by atoms with E-state index in [9.17, 15) is 4.39 Å². The Kier molecular flexibility index (Phi) is 3.80. The van der Waals surface area contributed by atoms with E-state index >= 15 is 0 Å². The molecule has 1 aromatic carbocycles. The highest BCUT2D eigenvalue weighted by Crippen LogP contribution is 2.22. The van der Waals surface area contributed by atoms with Crippen molar-refractivity contribution < 1.29 is 9.13 Å². The zero-order valence-corrected chi connectivity index (χ0v) is 11.4. The molecule has 0 spiro atoms. The first kappa shape index (κ1) is 12.6. The summed E-state index contributed by atoms with van der Waals surface area (Å²) in [5, 5.41) is 7.36. The summed E-state index contributed by atoms with van der Waals surface area (Å²) in [4.78, 5) is 0. The molecule has 1 heterocycles. The minimum Gasteiger partial charge on any atom is -0.486 e. The molecule has 100 valence electrons. The van der Waals surface area contributed by atoms with Crippen LogP contribution in [0.25, 0.3) is 0 Å². The highest BCUT2D eigenvalue weighted by atomic mass is 32.1. The van der Waals surface area contributed by atoms with E-state index in [2.05, 4.69) is 5.32 Å². The summed E-state index contributed by atoms with van der Waals surface area (Å²) in [5.41, 5.74) is 2.04. The average molecular weight is 277 g/mol. The summed E-state index contributed by atoms with van der Waals surface area (Å²) in [5.74, 6) is 0.0340. The molecular weight excluding hydrogens is 261 g/mol. The van der Waals surface area contributed by atoms with E-state index < -0.39 is 0 Å². The summed E-state index contributed by atoms with van der Waals surface area (Å²) in [6, 6.07) is 7.81. The largest absolute Gasteiger partial charge is 0.486 e. The third-order valence-electron chi connectivity index (χ3n) is 3.14. The number of ether oxygens (including phenoxy) is 1. The lowest BCUT2D eigenvalue weighted by atomic mass is 10.2. The molecule has 0 aliphatic heterocycles. The summed E-state index contributed by atoms with van der Waals surface area (Å²) >= 11 is 1.61. The standard InChI is InChI=1S/C15H16FNOS/c16-14-7-11(8-17-13-2-3-13)1-4-15(14)18-9-12-5-6-19-10-12/h1,4-7,10,13,17H,2-3,8-9H2. The van der Waals surface area contributed by atoms with Crippen LogP contribution in [0.3, 0.4) is 0 Å². The summed E-state index contributed by atoms with van der Waals surface area (Å²) < 4.78 is 19.4. The lowest BCUT2D eigenvalue weighted by molar-refractivity contribution is 0.290. The van der Waals surface area contributed by atoms with Gasteiger partial charge in [0.15, 0.2) is 11.6 Å². The second-order valence-corrected chi connectivity index (χ2v) is 5.62. The molecule has 0 radical (unpaired) electrons. The molecule has 19 heavy (non-hydrogen) atoms. The van der Waals surface area contributed by atoms with Crippen LogP contribution in [-0.2, 0) is 13.2 Å². The smallest absolute Gasteiger partial charge is 0.165 e. The van der Waals surface area contributed by atoms with Gasteiger partial charge in [-0.05, 0) is 52.9 Å². The molecule has 0 bridgehead atoms. The molecule has 0 atom stereocenters. The Morgan fingerprint density at radius 2 is 2.16 bits per heavy atom. The first-order valence-electron chi connectivity index (χ1n) is 6.47. The average Bonchev–Trinajstić information content (AvgIpc) is 3.10. The van der Waals surface area contributed by atoms with Crippen LogP contribution in [0.1, 0.15) is 24.0 Å². The van der Waals surface area contributed by atoms with Crippen LogP contribution < -0.4 is 10.1 Å². The predicted octanol–water partition coefficient (Wildman–Crippen LogP) is 3.72. The molecule has 0 saturated heterocycles. The van der Waals surface area contributed by atoms with Gasteiger partial charge < -0.3 is 10.1 Å². The molecular formula is C15H16FNOS. The predicted molar refractivity (Wildman–Crippen MR) is 74.9 cm³/mol. The molecule has 0 amide bonds. The first-order chi connectivity index (χ1) is 9.31. The van der Waals surface area contributed by atoms with Crippen molar-refractivity contribution in [1.29, 1.82) is 0 Å². The van der Waals surface area contributed by atoms with Gasteiger partial charge in [0.1, 0.15) is 6.61 Å². The van der Waals surface area contributed by atoms with Crippen LogP contribution in [0, 0.1) is 5.82 Å². The SMILES string of the molecule is Fc1cc(CNC2CC2)ccc1OCc1ccsc1. The van der Waals surface area contributed by atoms with E-state index in [1.807, 2.05) is 22.9 Å². The summed E-state index contributed by atoms with van der Waals surface area (Å²) in [6.07, 6.45) is 2.48. The maximum absolute atomic E-state index is 13.9. The lowest BCUT2D eigenvalue weighted by Crippen LogP contribution is -2.15. The number of rotatable bonds is 6. The van der Waals surface area contributed by atoms with Gasteiger partial charge in [0.25, 0.3) is 0 Å². The van der Waals surface area contributed by atoms with Gasteiger partial charge in [-0.2, -0.15) is 11.3 Å². The van der Waals surface area contributed by atoms with Gasteiger partial charge in [-0.25, -0.2) is 4.39 Å². The molecule has 1 fully saturated rings. The van der Waals surface area contributed by atoms with Crippen molar-refractivity contribution in [3.05, 3.63) is 52.0 Å². The fourth-order valence-electron chi connectivity index (χ4n) is 1.86. The zero-order valence-electron chi connectivity index (χ0n) is 10.6. The monoisotopic (exact) mass is 277 g/mol. The second-order valence-electron chi connectivity index (χ2n) is 4.84. The third kappa shape index (κ3) is 3.55. The molecule has 0 unspecified atom stereocenters. The van der Waals surface area contributed by atoms with Crippen LogP contribution in [0.5, 0.6) is 5.75 Å². The fourth-order valence-corrected chi connectivity index (χ4v) is 2.51. The lowest BCUT2D eigenvalue weighted by Gasteiger charge is -2.08. The Balaban J connectivity index is 1.58. The Morgan fingerprint density at radius 3 is 2.84 bits per heavy atom. The van der Waals surface area contributed by atoms with Crippen LogP contribution in [0.4, 0.5) is 4.39 Å². The van der Waals surface area contributed by atoms with E-state index in [-0.39, 0.29) is 5.82 Å². The Labute approximate surface area is 116 Å². The number of benzene rings is 1. The van der Waals surface area contributed by atoms with Gasteiger partial charge in [0.2, 0.25) is 0 Å². The Morgan fingerprint density at radius 1 is 1.26 bits per heavy atom. The summed E-state index contributed by atoms with van der Waals surface area (Å²) in [7, 11) is 0. The Bertz CT molecular complexity index is 537. The van der Waals surface area contributed by atoms with Gasteiger partial charge in [0.05, 0.1) is 0 Å². The van der Waals surface area contributed by atoms with Gasteiger partial charge in [-0.3, -0.25) is 0 Å². The normalized spacial score (nSPS) is 14.6. The molecule has 1 aliphatic carbocycles. The van der Waals surface area contributed by atoms with Crippen molar-refractivity contribution in [2.24, 2.45) is 0 Å². The molecule has 1 aromatic heterocycles. The number of thiophene rings is 1. The Hall–Kier alpha value is -1.39. The first-order valence-corrected chi connectivity index (χ1v) is 7.41. The third-order valence-corrected chi connectivity index (χ3v) is 3.87. The second kappa shape index (κ2) is 5.72. The van der Waals surface area contributed by atoms with Crippen LogP contribution in [0.2, 0.25) is 0 Å². The highest BCUT2D eigenvalue weighted by Gasteiger charge is 2.20. The zero-order chi connectivity index (χ0) is 13.1. The highest BCUT2D eigenvalue weighted by molar-refractivity contribution is 7.07. The molecule has 2 nitrogen and oxygen atoms in total. The minimum atomic E-state index is -0.287. The van der Waals surface area contributed by atoms with Crippen molar-refractivity contribution in [3.8, 4) is 5.75 Å². The molecule has 4 heteroatoms. The quantitative estimate of drug-likeness (QED) is 0.869. The van der Waals surface area contributed by atoms with Gasteiger partial charge in [-0.1, -0.05) is 6.07 Å². The maximum Gasteiger partial charge on any atom is 0.165 e. The van der Waals surface area contributed by atoms with Gasteiger partial charge >= 0.3 is 0 Å².